The quantitative estimate of drug-likeness (QED) is 0.580. The number of nitrogens with one attached hydrogen (secondary N) is 1. The Morgan fingerprint density at radius 1 is 1.18 bits per heavy atom. The first-order chi connectivity index (χ1) is 10.5. The topological polar surface area (TPSA) is 54.9 Å². The van der Waals surface area contributed by atoms with Gasteiger partial charge in [-0.1, -0.05) is 22.0 Å². The molecule has 0 fully saturated rings. The van der Waals surface area contributed by atoms with Gasteiger partial charge in [-0.15, -0.1) is 0 Å². The van der Waals surface area contributed by atoms with E-state index in [1.807, 2.05) is 0 Å². The van der Waals surface area contributed by atoms with Gasteiger partial charge in [-0.25, -0.2) is 9.18 Å². The summed E-state index contributed by atoms with van der Waals surface area (Å²) in [4.78, 5) is 27.2. The first-order valence-electron chi connectivity index (χ1n) is 6.32. The standard InChI is InChI=1S/C15H9BrFIN2O2/c16-9-2-1-8(12(17)5-9)7-20-14(21)11-4-3-10(18)6-13(11)19-15(20)22/h1-6H,7H2,(H,19,22). The predicted octanol–water partition coefficient (Wildman–Crippen LogP) is 3.24. The number of hydrogen-bond donors (Lipinski definition) is 1. The maximum Gasteiger partial charge on any atom is 0.329 e. The second-order valence-electron chi connectivity index (χ2n) is 4.75. The van der Waals surface area contributed by atoms with Crippen molar-refractivity contribution in [2.45, 2.75) is 6.54 Å². The van der Waals surface area contributed by atoms with Crippen LogP contribution in [0.4, 0.5) is 4.39 Å². The zero-order valence-corrected chi connectivity index (χ0v) is 14.8. The average Bonchev–Trinajstić information content (AvgIpc) is 2.45. The van der Waals surface area contributed by atoms with E-state index >= 15 is 0 Å². The van der Waals surface area contributed by atoms with Crippen molar-refractivity contribution in [1.29, 1.82) is 0 Å². The normalized spacial score (nSPS) is 11.0. The molecule has 3 rings (SSSR count). The summed E-state index contributed by atoms with van der Waals surface area (Å²) in [6, 6.07) is 9.68. The lowest BCUT2D eigenvalue weighted by molar-refractivity contribution is 0.590. The first kappa shape index (κ1) is 15.4. The van der Waals surface area contributed by atoms with E-state index in [4.69, 9.17) is 0 Å². The Hall–Kier alpha value is -1.48. The SMILES string of the molecule is O=c1[nH]c2cc(I)ccc2c(=O)n1Cc1ccc(Br)cc1F. The molecule has 0 radical (unpaired) electrons. The monoisotopic (exact) mass is 474 g/mol. The molecule has 0 saturated carbocycles. The van der Waals surface area contributed by atoms with E-state index in [0.717, 1.165) is 8.14 Å². The fourth-order valence-electron chi connectivity index (χ4n) is 2.19. The predicted molar refractivity (Wildman–Crippen MR) is 94.7 cm³/mol. The summed E-state index contributed by atoms with van der Waals surface area (Å²) < 4.78 is 16.4. The molecule has 1 N–H and O–H groups in total. The van der Waals surface area contributed by atoms with E-state index in [-0.39, 0.29) is 12.1 Å². The van der Waals surface area contributed by atoms with Gasteiger partial charge in [-0.3, -0.25) is 9.36 Å². The summed E-state index contributed by atoms with van der Waals surface area (Å²) in [5.41, 5.74) is -0.227. The lowest BCUT2D eigenvalue weighted by atomic mass is 10.2. The van der Waals surface area contributed by atoms with E-state index in [9.17, 15) is 14.0 Å². The van der Waals surface area contributed by atoms with Gasteiger partial charge in [0.1, 0.15) is 5.82 Å². The van der Waals surface area contributed by atoms with Crippen molar-refractivity contribution in [3.8, 4) is 0 Å². The maximum atomic E-state index is 13.9. The third-order valence-electron chi connectivity index (χ3n) is 3.29. The third kappa shape index (κ3) is 2.87. The highest BCUT2D eigenvalue weighted by Gasteiger charge is 2.11. The molecule has 4 nitrogen and oxygen atoms in total. The maximum absolute atomic E-state index is 13.9. The van der Waals surface area contributed by atoms with Crippen molar-refractivity contribution in [1.82, 2.24) is 9.55 Å². The minimum absolute atomic E-state index is 0.116. The van der Waals surface area contributed by atoms with Crippen LogP contribution in [0.3, 0.4) is 0 Å². The second-order valence-corrected chi connectivity index (χ2v) is 6.91. The number of nitrogens with zero attached hydrogens (tertiary/aromatic N) is 1. The zero-order chi connectivity index (χ0) is 15.9. The van der Waals surface area contributed by atoms with Crippen LogP contribution < -0.4 is 11.2 Å². The number of benzene rings is 2. The van der Waals surface area contributed by atoms with Crippen LogP contribution in [0.5, 0.6) is 0 Å². The Labute approximate surface area is 146 Å². The van der Waals surface area contributed by atoms with Crippen LogP contribution in [0.1, 0.15) is 5.56 Å². The van der Waals surface area contributed by atoms with E-state index in [0.29, 0.717) is 15.4 Å². The van der Waals surface area contributed by atoms with E-state index in [1.54, 1.807) is 30.3 Å². The number of hydrogen-bond acceptors (Lipinski definition) is 2. The molecule has 1 aromatic heterocycles. The largest absolute Gasteiger partial charge is 0.329 e. The van der Waals surface area contributed by atoms with Crippen LogP contribution >= 0.6 is 38.5 Å². The number of aromatic amines is 1. The van der Waals surface area contributed by atoms with Gasteiger partial charge in [0.05, 0.1) is 17.4 Å². The molecule has 3 aromatic rings. The molecular formula is C15H9BrFIN2O2. The Morgan fingerprint density at radius 2 is 1.95 bits per heavy atom. The van der Waals surface area contributed by atoms with E-state index in [2.05, 4.69) is 43.5 Å². The second kappa shape index (κ2) is 5.96. The Balaban J connectivity index is 2.17. The fraction of sp³-hybridized carbons (Fsp3) is 0.0667. The molecule has 0 aliphatic rings. The smallest absolute Gasteiger partial charge is 0.307 e. The third-order valence-corrected chi connectivity index (χ3v) is 4.45. The van der Waals surface area contributed by atoms with Crippen LogP contribution in [-0.4, -0.2) is 9.55 Å². The number of fused-ring (bicyclic) bond motifs is 1. The van der Waals surface area contributed by atoms with Crippen molar-refractivity contribution >= 4 is 49.4 Å². The number of rotatable bonds is 2. The molecule has 0 unspecified atom stereocenters. The van der Waals surface area contributed by atoms with Gasteiger partial charge in [0, 0.05) is 13.6 Å². The summed E-state index contributed by atoms with van der Waals surface area (Å²) >= 11 is 5.27. The summed E-state index contributed by atoms with van der Waals surface area (Å²) in [5.74, 6) is -0.469. The molecule has 112 valence electrons. The highest BCUT2D eigenvalue weighted by molar-refractivity contribution is 14.1. The van der Waals surface area contributed by atoms with Crippen molar-refractivity contribution in [2.24, 2.45) is 0 Å². The van der Waals surface area contributed by atoms with Crippen LogP contribution in [0.2, 0.25) is 0 Å². The Kier molecular flexibility index (Phi) is 4.18. The summed E-state index contributed by atoms with van der Waals surface area (Å²) in [6.45, 7) is -0.116. The average molecular weight is 475 g/mol. The van der Waals surface area contributed by atoms with E-state index < -0.39 is 17.1 Å². The Morgan fingerprint density at radius 3 is 2.68 bits per heavy atom. The molecule has 0 bridgehead atoms. The van der Waals surface area contributed by atoms with Gasteiger partial charge in [0.15, 0.2) is 0 Å². The Bertz CT molecular complexity index is 997. The molecule has 2 aromatic carbocycles. The lowest BCUT2D eigenvalue weighted by Crippen LogP contribution is -2.35. The van der Waals surface area contributed by atoms with Crippen LogP contribution in [0, 0.1) is 9.39 Å². The van der Waals surface area contributed by atoms with Crippen molar-refractivity contribution in [3.63, 3.8) is 0 Å². The minimum Gasteiger partial charge on any atom is -0.307 e. The van der Waals surface area contributed by atoms with Crippen molar-refractivity contribution < 1.29 is 4.39 Å². The summed E-state index contributed by atoms with van der Waals surface area (Å²) in [7, 11) is 0. The highest BCUT2D eigenvalue weighted by Crippen LogP contribution is 2.16. The van der Waals surface area contributed by atoms with Crippen LogP contribution in [0.15, 0.2) is 50.5 Å². The lowest BCUT2D eigenvalue weighted by Gasteiger charge is -2.08. The van der Waals surface area contributed by atoms with Crippen LogP contribution in [-0.2, 0) is 6.54 Å². The summed E-state index contributed by atoms with van der Waals surface area (Å²) in [6.07, 6.45) is 0. The van der Waals surface area contributed by atoms with Gasteiger partial charge < -0.3 is 4.98 Å². The zero-order valence-electron chi connectivity index (χ0n) is 11.1. The number of aromatic nitrogens is 2. The first-order valence-corrected chi connectivity index (χ1v) is 8.19. The van der Waals surface area contributed by atoms with Gasteiger partial charge >= 0.3 is 5.69 Å². The van der Waals surface area contributed by atoms with Gasteiger partial charge in [0.25, 0.3) is 5.56 Å². The van der Waals surface area contributed by atoms with Gasteiger partial charge in [0.2, 0.25) is 0 Å². The molecule has 0 atom stereocenters. The molecule has 0 aliphatic heterocycles. The molecule has 0 amide bonds. The molecular weight excluding hydrogens is 466 g/mol. The number of halogens is 3. The van der Waals surface area contributed by atoms with Gasteiger partial charge in [-0.05, 0) is 52.9 Å². The number of H-pyrrole nitrogens is 1. The molecule has 0 aliphatic carbocycles. The minimum atomic E-state index is -0.554. The van der Waals surface area contributed by atoms with Crippen molar-refractivity contribution in [2.75, 3.05) is 0 Å². The van der Waals surface area contributed by atoms with Crippen molar-refractivity contribution in [3.05, 3.63) is 76.7 Å². The van der Waals surface area contributed by atoms with Gasteiger partial charge in [-0.2, -0.15) is 0 Å². The molecule has 7 heteroatoms. The highest BCUT2D eigenvalue weighted by atomic mass is 127. The van der Waals surface area contributed by atoms with E-state index in [1.165, 1.54) is 6.07 Å². The van der Waals surface area contributed by atoms with Crippen LogP contribution in [0.25, 0.3) is 10.9 Å². The molecule has 22 heavy (non-hydrogen) atoms. The molecule has 1 heterocycles. The molecule has 0 saturated heterocycles. The summed E-state index contributed by atoms with van der Waals surface area (Å²) in [5, 5.41) is 0.400. The molecule has 0 spiro atoms. The fourth-order valence-corrected chi connectivity index (χ4v) is 3.01.